The highest BCUT2D eigenvalue weighted by molar-refractivity contribution is 7.98. The van der Waals surface area contributed by atoms with Gasteiger partial charge in [-0.1, -0.05) is 53.7 Å². The van der Waals surface area contributed by atoms with Crippen molar-refractivity contribution in [2.75, 3.05) is 5.32 Å². The lowest BCUT2D eigenvalue weighted by Gasteiger charge is -2.10. The molecule has 0 amide bonds. The summed E-state index contributed by atoms with van der Waals surface area (Å²) in [6.45, 7) is 1.87. The summed E-state index contributed by atoms with van der Waals surface area (Å²) in [5.74, 6) is 0.203. The minimum atomic E-state index is -0.993. The highest BCUT2D eigenvalue weighted by atomic mass is 35.5. The number of aromatic carboxylic acids is 1. The van der Waals surface area contributed by atoms with E-state index < -0.39 is 5.97 Å². The van der Waals surface area contributed by atoms with Crippen molar-refractivity contribution < 1.29 is 9.90 Å². The van der Waals surface area contributed by atoms with E-state index in [1.54, 1.807) is 30.3 Å². The number of carboxylic acids is 1. The van der Waals surface area contributed by atoms with E-state index in [9.17, 15) is 9.90 Å². The third kappa shape index (κ3) is 4.53. The number of rotatable bonds is 6. The van der Waals surface area contributed by atoms with Gasteiger partial charge in [-0.25, -0.2) is 14.8 Å². The molecule has 26 heavy (non-hydrogen) atoms. The maximum absolute atomic E-state index is 11.3. The predicted molar refractivity (Wildman–Crippen MR) is 104 cm³/mol. The summed E-state index contributed by atoms with van der Waals surface area (Å²) >= 11 is 7.66. The van der Waals surface area contributed by atoms with Crippen molar-refractivity contribution in [2.45, 2.75) is 17.8 Å². The normalized spacial score (nSPS) is 10.5. The van der Waals surface area contributed by atoms with Gasteiger partial charge in [0.25, 0.3) is 0 Å². The van der Waals surface area contributed by atoms with Crippen LogP contribution in [0.3, 0.4) is 0 Å². The summed E-state index contributed by atoms with van der Waals surface area (Å²) in [5.41, 5.74) is 2.47. The van der Waals surface area contributed by atoms with Gasteiger partial charge in [0.15, 0.2) is 5.16 Å². The number of halogens is 1. The first-order valence-electron chi connectivity index (χ1n) is 7.84. The average Bonchev–Trinajstić information content (AvgIpc) is 2.61. The predicted octanol–water partition coefficient (Wildman–Crippen LogP) is 5.17. The molecule has 3 rings (SSSR count). The maximum Gasteiger partial charge on any atom is 0.337 e. The molecule has 0 unspecified atom stereocenters. The van der Waals surface area contributed by atoms with Gasteiger partial charge in [0.05, 0.1) is 11.3 Å². The molecule has 0 bridgehead atoms. The molecule has 2 N–H and O–H groups in total. The minimum Gasteiger partial charge on any atom is -0.478 e. The topological polar surface area (TPSA) is 75.1 Å². The summed E-state index contributed by atoms with van der Waals surface area (Å²) in [6, 6.07) is 16.1. The number of aromatic nitrogens is 2. The van der Waals surface area contributed by atoms with Gasteiger partial charge in [0.2, 0.25) is 0 Å². The Labute approximate surface area is 160 Å². The molecular formula is C19H16ClN3O2S. The monoisotopic (exact) mass is 385 g/mol. The third-order valence-electron chi connectivity index (χ3n) is 3.57. The quantitative estimate of drug-likeness (QED) is 0.450. The summed E-state index contributed by atoms with van der Waals surface area (Å²) in [4.78, 5) is 20.3. The van der Waals surface area contributed by atoms with E-state index in [-0.39, 0.29) is 5.56 Å². The van der Waals surface area contributed by atoms with Crippen LogP contribution in [0.15, 0.2) is 59.8 Å². The lowest BCUT2D eigenvalue weighted by Crippen LogP contribution is -2.04. The first kappa shape index (κ1) is 18.2. The second-order valence-corrected chi connectivity index (χ2v) is 6.88. The van der Waals surface area contributed by atoms with Crippen molar-refractivity contribution in [3.63, 3.8) is 0 Å². The van der Waals surface area contributed by atoms with E-state index in [1.165, 1.54) is 11.8 Å². The summed E-state index contributed by atoms with van der Waals surface area (Å²) in [5, 5.41) is 13.7. The molecule has 0 fully saturated rings. The molecule has 0 saturated carbocycles. The number of benzene rings is 2. The molecule has 0 atom stereocenters. The first-order valence-corrected chi connectivity index (χ1v) is 9.20. The number of thioether (sulfide) groups is 1. The molecule has 2 aromatic carbocycles. The lowest BCUT2D eigenvalue weighted by molar-refractivity contribution is 0.0698. The summed E-state index contributed by atoms with van der Waals surface area (Å²) < 4.78 is 0. The molecule has 0 spiro atoms. The summed E-state index contributed by atoms with van der Waals surface area (Å²) in [6.07, 6.45) is 0. The van der Waals surface area contributed by atoms with Gasteiger partial charge in [-0.2, -0.15) is 0 Å². The first-order chi connectivity index (χ1) is 12.5. The van der Waals surface area contributed by atoms with Crippen molar-refractivity contribution in [3.05, 3.63) is 76.4 Å². The van der Waals surface area contributed by atoms with Gasteiger partial charge in [0, 0.05) is 22.5 Å². The number of aryl methyl sites for hydroxylation is 1. The van der Waals surface area contributed by atoms with Crippen LogP contribution in [-0.2, 0) is 5.75 Å². The van der Waals surface area contributed by atoms with Crippen LogP contribution in [0, 0.1) is 6.92 Å². The Hall–Kier alpha value is -2.57. The highest BCUT2D eigenvalue weighted by Gasteiger charge is 2.11. The molecule has 0 radical (unpaired) electrons. The van der Waals surface area contributed by atoms with E-state index in [0.29, 0.717) is 27.4 Å². The van der Waals surface area contributed by atoms with Crippen LogP contribution in [0.4, 0.5) is 11.5 Å². The van der Waals surface area contributed by atoms with Crippen LogP contribution in [0.25, 0.3) is 0 Å². The van der Waals surface area contributed by atoms with E-state index in [2.05, 4.69) is 15.3 Å². The molecule has 1 heterocycles. The zero-order valence-corrected chi connectivity index (χ0v) is 15.5. The van der Waals surface area contributed by atoms with Gasteiger partial charge in [-0.05, 0) is 30.7 Å². The fourth-order valence-corrected chi connectivity index (χ4v) is 3.53. The Morgan fingerprint density at radius 1 is 1.15 bits per heavy atom. The number of hydrogen-bond acceptors (Lipinski definition) is 5. The lowest BCUT2D eigenvalue weighted by atomic mass is 10.2. The smallest absolute Gasteiger partial charge is 0.337 e. The molecule has 132 valence electrons. The van der Waals surface area contributed by atoms with E-state index >= 15 is 0 Å². The van der Waals surface area contributed by atoms with Gasteiger partial charge in [0.1, 0.15) is 5.82 Å². The fraction of sp³-hybridized carbons (Fsp3) is 0.105. The van der Waals surface area contributed by atoms with Crippen LogP contribution in [-0.4, -0.2) is 21.0 Å². The Bertz CT molecular complexity index is 950. The van der Waals surface area contributed by atoms with Gasteiger partial charge in [-0.15, -0.1) is 0 Å². The molecule has 1 aromatic heterocycles. The van der Waals surface area contributed by atoms with Crippen molar-refractivity contribution in [2.24, 2.45) is 0 Å². The average molecular weight is 386 g/mol. The highest BCUT2D eigenvalue weighted by Crippen LogP contribution is 2.26. The van der Waals surface area contributed by atoms with E-state index in [0.717, 1.165) is 11.3 Å². The second kappa shape index (κ2) is 8.21. The van der Waals surface area contributed by atoms with Crippen LogP contribution in [0.1, 0.15) is 21.6 Å². The van der Waals surface area contributed by atoms with Crippen molar-refractivity contribution >= 4 is 40.8 Å². The standard InChI is InChI=1S/C19H16ClN3O2S/c1-12-10-17(22-16-9-5-3-7-14(16)18(24)25)23-19(21-12)26-11-13-6-2-4-8-15(13)20/h2-10H,11H2,1H3,(H,24,25)(H,21,22,23). The third-order valence-corrected chi connectivity index (χ3v) is 4.83. The second-order valence-electron chi connectivity index (χ2n) is 5.53. The SMILES string of the molecule is Cc1cc(Nc2ccccc2C(=O)O)nc(SCc2ccccc2Cl)n1. The largest absolute Gasteiger partial charge is 0.478 e. The number of hydrogen-bond donors (Lipinski definition) is 2. The molecule has 7 heteroatoms. The van der Waals surface area contributed by atoms with E-state index in [1.807, 2.05) is 31.2 Å². The van der Waals surface area contributed by atoms with Crippen LogP contribution in [0.2, 0.25) is 5.02 Å². The fourth-order valence-electron chi connectivity index (χ4n) is 2.34. The summed E-state index contributed by atoms with van der Waals surface area (Å²) in [7, 11) is 0. The number of nitrogens with one attached hydrogen (secondary N) is 1. The molecule has 0 saturated heterocycles. The van der Waals surface area contributed by atoms with Crippen LogP contribution in [0.5, 0.6) is 0 Å². The zero-order valence-electron chi connectivity index (χ0n) is 13.9. The minimum absolute atomic E-state index is 0.189. The van der Waals surface area contributed by atoms with Crippen LogP contribution >= 0.6 is 23.4 Å². The molecule has 0 aliphatic rings. The van der Waals surface area contributed by atoms with Crippen molar-refractivity contribution in [1.29, 1.82) is 0 Å². The number of carbonyl (C=O) groups is 1. The van der Waals surface area contributed by atoms with Crippen molar-refractivity contribution in [3.8, 4) is 0 Å². The molecular weight excluding hydrogens is 370 g/mol. The Balaban J connectivity index is 1.80. The molecule has 0 aliphatic heterocycles. The zero-order chi connectivity index (χ0) is 18.5. The molecule has 3 aromatic rings. The van der Waals surface area contributed by atoms with Gasteiger partial charge < -0.3 is 10.4 Å². The molecule has 5 nitrogen and oxygen atoms in total. The van der Waals surface area contributed by atoms with Gasteiger partial charge in [-0.3, -0.25) is 0 Å². The van der Waals surface area contributed by atoms with E-state index in [4.69, 9.17) is 11.6 Å². The Morgan fingerprint density at radius 3 is 2.65 bits per heavy atom. The maximum atomic E-state index is 11.3. The number of anilines is 2. The Kier molecular flexibility index (Phi) is 5.75. The number of para-hydroxylation sites is 1. The number of carboxylic acid groups (broad SMARTS) is 1. The van der Waals surface area contributed by atoms with Crippen molar-refractivity contribution in [1.82, 2.24) is 9.97 Å². The van der Waals surface area contributed by atoms with Gasteiger partial charge >= 0.3 is 5.97 Å². The molecule has 0 aliphatic carbocycles. The van der Waals surface area contributed by atoms with Crippen LogP contribution < -0.4 is 5.32 Å². The Morgan fingerprint density at radius 2 is 1.88 bits per heavy atom. The number of nitrogens with zero attached hydrogens (tertiary/aromatic N) is 2.